The predicted molar refractivity (Wildman–Crippen MR) is 115 cm³/mol. The number of anilines is 2. The van der Waals surface area contributed by atoms with Gasteiger partial charge in [0.1, 0.15) is 12.4 Å². The summed E-state index contributed by atoms with van der Waals surface area (Å²) < 4.78 is 38.2. The van der Waals surface area contributed by atoms with Crippen LogP contribution in [0.2, 0.25) is 0 Å². The van der Waals surface area contributed by atoms with Crippen molar-refractivity contribution >= 4 is 27.5 Å². The zero-order valence-corrected chi connectivity index (χ0v) is 17.2. The molecule has 0 aromatic heterocycles. The van der Waals surface area contributed by atoms with Crippen LogP contribution >= 0.6 is 0 Å². The summed E-state index contributed by atoms with van der Waals surface area (Å²) in [5.74, 6) is 0.635. The van der Waals surface area contributed by atoms with Crippen LogP contribution in [0.1, 0.15) is 12.5 Å². The van der Waals surface area contributed by atoms with Crippen molar-refractivity contribution in [1.29, 1.82) is 0 Å². The van der Waals surface area contributed by atoms with Gasteiger partial charge in [0, 0.05) is 11.4 Å². The van der Waals surface area contributed by atoms with E-state index in [9.17, 15) is 13.2 Å². The van der Waals surface area contributed by atoms with E-state index >= 15 is 0 Å². The molecular weight excluding hydrogens is 404 g/mol. The zero-order chi connectivity index (χ0) is 21.4. The SMILES string of the molecule is CCOC(=O)Nc1ccc(S(=O)(=O)Nc2ccc(OCc3ccccc3)cc2)cc1. The Morgan fingerprint density at radius 2 is 1.50 bits per heavy atom. The predicted octanol–water partition coefficient (Wildman–Crippen LogP) is 4.63. The molecule has 0 aliphatic rings. The molecule has 0 saturated heterocycles. The highest BCUT2D eigenvalue weighted by Crippen LogP contribution is 2.21. The zero-order valence-electron chi connectivity index (χ0n) is 16.4. The van der Waals surface area contributed by atoms with Gasteiger partial charge in [-0.2, -0.15) is 0 Å². The quantitative estimate of drug-likeness (QED) is 0.548. The minimum absolute atomic E-state index is 0.0707. The lowest BCUT2D eigenvalue weighted by Gasteiger charge is -2.11. The molecule has 0 atom stereocenters. The van der Waals surface area contributed by atoms with Crippen molar-refractivity contribution in [2.75, 3.05) is 16.6 Å². The Morgan fingerprint density at radius 1 is 0.867 bits per heavy atom. The number of carbonyl (C=O) groups is 1. The largest absolute Gasteiger partial charge is 0.489 e. The summed E-state index contributed by atoms with van der Waals surface area (Å²) in [5.41, 5.74) is 1.89. The van der Waals surface area contributed by atoms with Gasteiger partial charge in [-0.15, -0.1) is 0 Å². The highest BCUT2D eigenvalue weighted by atomic mass is 32.2. The van der Waals surface area contributed by atoms with E-state index in [1.807, 2.05) is 30.3 Å². The van der Waals surface area contributed by atoms with E-state index < -0.39 is 16.1 Å². The molecule has 1 amide bonds. The average Bonchev–Trinajstić information content (AvgIpc) is 2.74. The maximum Gasteiger partial charge on any atom is 0.411 e. The fraction of sp³-hybridized carbons (Fsp3) is 0.136. The molecule has 7 nitrogen and oxygen atoms in total. The van der Waals surface area contributed by atoms with Crippen molar-refractivity contribution in [2.45, 2.75) is 18.4 Å². The third-order valence-electron chi connectivity index (χ3n) is 4.04. The first-order valence-electron chi connectivity index (χ1n) is 9.30. The minimum atomic E-state index is -3.77. The Hall–Kier alpha value is -3.52. The molecule has 0 spiro atoms. The summed E-state index contributed by atoms with van der Waals surface area (Å²) >= 11 is 0. The molecule has 3 aromatic rings. The van der Waals surface area contributed by atoms with Crippen LogP contribution in [0.15, 0.2) is 83.8 Å². The maximum absolute atomic E-state index is 12.6. The van der Waals surface area contributed by atoms with Gasteiger partial charge < -0.3 is 9.47 Å². The van der Waals surface area contributed by atoms with Crippen LogP contribution in [0, 0.1) is 0 Å². The van der Waals surface area contributed by atoms with Crippen molar-refractivity contribution < 1.29 is 22.7 Å². The van der Waals surface area contributed by atoms with Gasteiger partial charge in [-0.3, -0.25) is 10.0 Å². The highest BCUT2D eigenvalue weighted by Gasteiger charge is 2.14. The van der Waals surface area contributed by atoms with Crippen LogP contribution < -0.4 is 14.8 Å². The third-order valence-corrected chi connectivity index (χ3v) is 5.44. The van der Waals surface area contributed by atoms with Gasteiger partial charge in [-0.1, -0.05) is 30.3 Å². The molecule has 0 bridgehead atoms. The fourth-order valence-corrected chi connectivity index (χ4v) is 3.64. The second-order valence-electron chi connectivity index (χ2n) is 6.27. The van der Waals surface area contributed by atoms with Crippen molar-refractivity contribution in [3.8, 4) is 5.75 Å². The Balaban J connectivity index is 1.60. The molecule has 0 heterocycles. The van der Waals surface area contributed by atoms with Gasteiger partial charge in [0.25, 0.3) is 10.0 Å². The standard InChI is InChI=1S/C22H22N2O5S/c1-2-28-22(25)23-18-10-14-21(15-11-18)30(26,27)24-19-8-12-20(13-9-19)29-16-17-6-4-3-5-7-17/h3-15,24H,2,16H2,1H3,(H,23,25). The van der Waals surface area contributed by atoms with Crippen LogP contribution in [0.4, 0.5) is 16.2 Å². The Bertz CT molecular complexity index is 1070. The number of nitrogens with one attached hydrogen (secondary N) is 2. The lowest BCUT2D eigenvalue weighted by Crippen LogP contribution is -2.14. The van der Waals surface area contributed by atoms with Crippen LogP contribution in [0.25, 0.3) is 0 Å². The summed E-state index contributed by atoms with van der Waals surface area (Å²) in [6.07, 6.45) is -0.596. The Morgan fingerprint density at radius 3 is 2.13 bits per heavy atom. The molecule has 0 radical (unpaired) electrons. The molecule has 0 saturated carbocycles. The first-order valence-corrected chi connectivity index (χ1v) is 10.8. The second kappa shape index (κ2) is 9.80. The number of carbonyl (C=O) groups excluding carboxylic acids is 1. The molecule has 3 rings (SSSR count). The summed E-state index contributed by atoms with van der Waals surface area (Å²) in [6, 6.07) is 22.2. The number of benzene rings is 3. The third kappa shape index (κ3) is 5.99. The second-order valence-corrected chi connectivity index (χ2v) is 7.96. The van der Waals surface area contributed by atoms with Gasteiger partial charge in [0.2, 0.25) is 0 Å². The van der Waals surface area contributed by atoms with E-state index in [2.05, 4.69) is 10.0 Å². The lowest BCUT2D eigenvalue weighted by molar-refractivity contribution is 0.168. The van der Waals surface area contributed by atoms with E-state index in [0.29, 0.717) is 23.7 Å². The summed E-state index contributed by atoms with van der Waals surface area (Å²) in [6.45, 7) is 2.37. The number of hydrogen-bond acceptors (Lipinski definition) is 5. The van der Waals surface area contributed by atoms with E-state index in [1.54, 1.807) is 31.2 Å². The molecule has 0 fully saturated rings. The van der Waals surface area contributed by atoms with E-state index in [0.717, 1.165) is 5.56 Å². The smallest absolute Gasteiger partial charge is 0.411 e. The average molecular weight is 426 g/mol. The van der Waals surface area contributed by atoms with E-state index in [4.69, 9.17) is 9.47 Å². The topological polar surface area (TPSA) is 93.7 Å². The molecule has 0 aliphatic heterocycles. The van der Waals surface area contributed by atoms with Crippen molar-refractivity contribution in [2.24, 2.45) is 0 Å². The molecule has 156 valence electrons. The first-order chi connectivity index (χ1) is 14.5. The minimum Gasteiger partial charge on any atom is -0.489 e. The molecule has 2 N–H and O–H groups in total. The van der Waals surface area contributed by atoms with E-state index in [-0.39, 0.29) is 11.5 Å². The summed E-state index contributed by atoms with van der Waals surface area (Å²) in [7, 11) is -3.77. The van der Waals surface area contributed by atoms with Crippen LogP contribution in [-0.2, 0) is 21.4 Å². The lowest BCUT2D eigenvalue weighted by atomic mass is 10.2. The fourth-order valence-electron chi connectivity index (χ4n) is 2.58. The monoisotopic (exact) mass is 426 g/mol. The highest BCUT2D eigenvalue weighted by molar-refractivity contribution is 7.92. The number of ether oxygens (including phenoxy) is 2. The van der Waals surface area contributed by atoms with Crippen LogP contribution in [0.5, 0.6) is 5.75 Å². The number of hydrogen-bond donors (Lipinski definition) is 2. The number of amides is 1. The van der Waals surface area contributed by atoms with Crippen LogP contribution in [0.3, 0.4) is 0 Å². The normalized spacial score (nSPS) is 10.8. The van der Waals surface area contributed by atoms with Gasteiger partial charge in [0.15, 0.2) is 0 Å². The number of sulfonamides is 1. The van der Waals surface area contributed by atoms with Crippen molar-refractivity contribution in [3.05, 3.63) is 84.4 Å². The summed E-state index contributed by atoms with van der Waals surface area (Å²) in [5, 5.41) is 2.51. The molecule has 3 aromatic carbocycles. The van der Waals surface area contributed by atoms with Gasteiger partial charge in [0.05, 0.1) is 11.5 Å². The Labute approximate surface area is 175 Å². The molecule has 0 aliphatic carbocycles. The van der Waals surface area contributed by atoms with Crippen molar-refractivity contribution in [3.63, 3.8) is 0 Å². The van der Waals surface area contributed by atoms with Gasteiger partial charge in [-0.25, -0.2) is 13.2 Å². The number of rotatable bonds is 8. The molecular formula is C22H22N2O5S. The van der Waals surface area contributed by atoms with Gasteiger partial charge in [-0.05, 0) is 61.0 Å². The summed E-state index contributed by atoms with van der Waals surface area (Å²) in [4.78, 5) is 11.5. The van der Waals surface area contributed by atoms with E-state index in [1.165, 1.54) is 24.3 Å². The van der Waals surface area contributed by atoms with Crippen molar-refractivity contribution in [1.82, 2.24) is 0 Å². The maximum atomic E-state index is 12.6. The van der Waals surface area contributed by atoms with Gasteiger partial charge >= 0.3 is 6.09 Å². The first kappa shape index (κ1) is 21.2. The van der Waals surface area contributed by atoms with Crippen LogP contribution in [-0.4, -0.2) is 21.1 Å². The Kier molecular flexibility index (Phi) is 6.92. The molecule has 0 unspecified atom stereocenters. The molecule has 30 heavy (non-hydrogen) atoms. The molecule has 8 heteroatoms.